The van der Waals surface area contributed by atoms with Crippen molar-refractivity contribution >= 4 is 0 Å². The lowest BCUT2D eigenvalue weighted by Crippen LogP contribution is -2.00. The maximum Gasteiger partial charge on any atom is 0.164 e. The molecule has 0 atom stereocenters. The molecule has 0 fully saturated rings. The van der Waals surface area contributed by atoms with Gasteiger partial charge in [0.05, 0.1) is 28.4 Å². The third-order valence-corrected chi connectivity index (χ3v) is 4.95. The molecule has 0 aliphatic carbocycles. The molecule has 0 unspecified atom stereocenters. The van der Waals surface area contributed by atoms with E-state index in [1.807, 2.05) is 24.3 Å². The van der Waals surface area contributed by atoms with Crippen LogP contribution in [0.3, 0.4) is 0 Å². The zero-order valence-corrected chi connectivity index (χ0v) is 18.6. The Balaban J connectivity index is 2.52. The van der Waals surface area contributed by atoms with Crippen molar-refractivity contribution in [2.75, 3.05) is 28.4 Å². The van der Waals surface area contributed by atoms with E-state index in [-0.39, 0.29) is 0 Å². The van der Waals surface area contributed by atoms with Gasteiger partial charge in [0.2, 0.25) is 0 Å². The van der Waals surface area contributed by atoms with E-state index in [9.17, 15) is 0 Å². The van der Waals surface area contributed by atoms with E-state index < -0.39 is 0 Å². The Labute approximate surface area is 174 Å². The molecule has 0 radical (unpaired) electrons. The van der Waals surface area contributed by atoms with Gasteiger partial charge < -0.3 is 23.7 Å². The summed E-state index contributed by atoms with van der Waals surface area (Å²) < 4.78 is 28.4. The molecule has 160 valence electrons. The van der Waals surface area contributed by atoms with E-state index in [4.69, 9.17) is 23.7 Å². The van der Waals surface area contributed by atoms with Crippen molar-refractivity contribution in [1.82, 2.24) is 0 Å². The molecule has 0 spiro atoms. The highest BCUT2D eigenvalue weighted by atomic mass is 16.5. The van der Waals surface area contributed by atoms with Crippen LogP contribution in [0.1, 0.15) is 50.7 Å². The van der Waals surface area contributed by atoms with Gasteiger partial charge in [0, 0.05) is 12.1 Å². The van der Waals surface area contributed by atoms with Gasteiger partial charge in [-0.15, -0.1) is 0 Å². The molecular formula is C24H34O5. The van der Waals surface area contributed by atoms with Crippen LogP contribution in [0, 0.1) is 0 Å². The van der Waals surface area contributed by atoms with Crippen LogP contribution in [0.2, 0.25) is 0 Å². The number of rotatable bonds is 12. The second-order valence-corrected chi connectivity index (χ2v) is 6.94. The van der Waals surface area contributed by atoms with Crippen LogP contribution in [0.4, 0.5) is 0 Å². The van der Waals surface area contributed by atoms with Crippen molar-refractivity contribution in [3.63, 3.8) is 0 Å². The fourth-order valence-electron chi connectivity index (χ4n) is 3.24. The van der Waals surface area contributed by atoms with E-state index in [0.29, 0.717) is 23.0 Å². The normalized spacial score (nSPS) is 10.6. The summed E-state index contributed by atoms with van der Waals surface area (Å²) in [5, 5.41) is 0. The Hall–Kier alpha value is -2.56. The first-order valence-electron chi connectivity index (χ1n) is 10.3. The molecule has 2 rings (SSSR count). The lowest BCUT2D eigenvalue weighted by atomic mass is 10.0. The van der Waals surface area contributed by atoms with Crippen molar-refractivity contribution in [2.45, 2.75) is 52.4 Å². The quantitative estimate of drug-likeness (QED) is 0.423. The van der Waals surface area contributed by atoms with Gasteiger partial charge in [0.15, 0.2) is 23.0 Å². The first-order chi connectivity index (χ1) is 14.1. The van der Waals surface area contributed by atoms with Crippen LogP contribution in [-0.2, 0) is 12.8 Å². The zero-order valence-electron chi connectivity index (χ0n) is 18.6. The number of aryl methyl sites for hydroxylation is 2. The predicted molar refractivity (Wildman–Crippen MR) is 116 cm³/mol. The van der Waals surface area contributed by atoms with Crippen molar-refractivity contribution in [3.05, 3.63) is 35.4 Å². The highest BCUT2D eigenvalue weighted by molar-refractivity contribution is 5.55. The minimum absolute atomic E-state index is 0.651. The zero-order chi connectivity index (χ0) is 21.2. The number of hydrogen-bond donors (Lipinski definition) is 0. The van der Waals surface area contributed by atoms with Crippen molar-refractivity contribution in [3.8, 4) is 34.5 Å². The minimum atomic E-state index is 0.651. The molecule has 0 saturated heterocycles. The average molecular weight is 403 g/mol. The molecule has 29 heavy (non-hydrogen) atoms. The second kappa shape index (κ2) is 11.4. The second-order valence-electron chi connectivity index (χ2n) is 6.94. The SMILES string of the molecule is CCCCc1cc(OC)c(OC)cc1Oc1cc(OC)c(OC)cc1CCCC. The molecule has 0 aromatic heterocycles. The Morgan fingerprint density at radius 1 is 0.517 bits per heavy atom. The smallest absolute Gasteiger partial charge is 0.164 e. The van der Waals surface area contributed by atoms with Gasteiger partial charge in [-0.05, 0) is 48.9 Å². The van der Waals surface area contributed by atoms with Gasteiger partial charge in [-0.3, -0.25) is 0 Å². The number of unbranched alkanes of at least 4 members (excludes halogenated alkanes) is 2. The summed E-state index contributed by atoms with van der Waals surface area (Å²) in [5.41, 5.74) is 2.20. The van der Waals surface area contributed by atoms with Crippen LogP contribution in [-0.4, -0.2) is 28.4 Å². The van der Waals surface area contributed by atoms with E-state index in [1.165, 1.54) is 0 Å². The Kier molecular flexibility index (Phi) is 8.97. The predicted octanol–water partition coefficient (Wildman–Crippen LogP) is 6.20. The van der Waals surface area contributed by atoms with Crippen LogP contribution in [0.5, 0.6) is 34.5 Å². The van der Waals surface area contributed by atoms with E-state index >= 15 is 0 Å². The summed E-state index contributed by atoms with van der Waals surface area (Å²) in [6.07, 6.45) is 6.16. The van der Waals surface area contributed by atoms with E-state index in [0.717, 1.165) is 61.2 Å². The molecular weight excluding hydrogens is 368 g/mol. The molecule has 0 N–H and O–H groups in total. The van der Waals surface area contributed by atoms with Crippen molar-refractivity contribution in [1.29, 1.82) is 0 Å². The highest BCUT2D eigenvalue weighted by Crippen LogP contribution is 2.41. The average Bonchev–Trinajstić information content (AvgIpc) is 2.76. The summed E-state index contributed by atoms with van der Waals surface area (Å²) >= 11 is 0. The maximum atomic E-state index is 6.45. The third-order valence-electron chi connectivity index (χ3n) is 4.95. The standard InChI is InChI=1S/C24H34O5/c1-7-9-11-17-13-21(25-3)23(27-5)15-19(17)29-20-16-24(28-6)22(26-4)14-18(20)12-10-8-2/h13-16H,7-12H2,1-6H3. The van der Waals surface area contributed by atoms with Gasteiger partial charge >= 0.3 is 0 Å². The Morgan fingerprint density at radius 2 is 0.862 bits per heavy atom. The summed E-state index contributed by atoms with van der Waals surface area (Å²) in [6, 6.07) is 7.83. The fourth-order valence-corrected chi connectivity index (χ4v) is 3.24. The third kappa shape index (κ3) is 5.72. The molecule has 2 aromatic carbocycles. The first kappa shape index (κ1) is 22.7. The summed E-state index contributed by atoms with van der Waals surface area (Å²) in [5.74, 6) is 4.28. The number of hydrogen-bond acceptors (Lipinski definition) is 5. The van der Waals surface area contributed by atoms with Gasteiger partial charge in [0.25, 0.3) is 0 Å². The molecule has 0 bridgehead atoms. The number of ether oxygens (including phenoxy) is 5. The van der Waals surface area contributed by atoms with Gasteiger partial charge in [-0.1, -0.05) is 26.7 Å². The van der Waals surface area contributed by atoms with Crippen LogP contribution < -0.4 is 23.7 Å². The maximum absolute atomic E-state index is 6.45. The molecule has 0 saturated carbocycles. The topological polar surface area (TPSA) is 46.2 Å². The monoisotopic (exact) mass is 402 g/mol. The van der Waals surface area contributed by atoms with Crippen molar-refractivity contribution in [2.24, 2.45) is 0 Å². The largest absolute Gasteiger partial charge is 0.493 e. The molecule has 2 aromatic rings. The summed E-state index contributed by atoms with van der Waals surface area (Å²) in [6.45, 7) is 4.36. The van der Waals surface area contributed by atoms with Gasteiger partial charge in [0.1, 0.15) is 11.5 Å². The Bertz CT molecular complexity index is 720. The van der Waals surface area contributed by atoms with Crippen LogP contribution >= 0.6 is 0 Å². The molecule has 5 heteroatoms. The molecule has 0 heterocycles. The van der Waals surface area contributed by atoms with E-state index in [2.05, 4.69) is 13.8 Å². The molecule has 0 amide bonds. The number of benzene rings is 2. The summed E-state index contributed by atoms with van der Waals surface area (Å²) in [4.78, 5) is 0. The summed E-state index contributed by atoms with van der Waals surface area (Å²) in [7, 11) is 6.57. The van der Waals surface area contributed by atoms with Gasteiger partial charge in [-0.2, -0.15) is 0 Å². The minimum Gasteiger partial charge on any atom is -0.493 e. The molecule has 0 aliphatic heterocycles. The van der Waals surface area contributed by atoms with E-state index in [1.54, 1.807) is 28.4 Å². The number of methoxy groups -OCH3 is 4. The fraction of sp³-hybridized carbons (Fsp3) is 0.500. The van der Waals surface area contributed by atoms with Crippen LogP contribution in [0.25, 0.3) is 0 Å². The van der Waals surface area contributed by atoms with Gasteiger partial charge in [-0.25, -0.2) is 0 Å². The van der Waals surface area contributed by atoms with Crippen LogP contribution in [0.15, 0.2) is 24.3 Å². The van der Waals surface area contributed by atoms with Crippen molar-refractivity contribution < 1.29 is 23.7 Å². The highest BCUT2D eigenvalue weighted by Gasteiger charge is 2.17. The lowest BCUT2D eigenvalue weighted by molar-refractivity contribution is 0.347. The molecule has 5 nitrogen and oxygen atoms in total. The Morgan fingerprint density at radius 3 is 1.17 bits per heavy atom. The lowest BCUT2D eigenvalue weighted by Gasteiger charge is -2.19. The molecule has 0 aliphatic rings. The first-order valence-corrected chi connectivity index (χ1v) is 10.3.